The number of nitrogens with zero attached hydrogens (tertiary/aromatic N) is 5. The maximum atomic E-state index is 12.3. The van der Waals surface area contributed by atoms with Crippen molar-refractivity contribution >= 4 is 33.1 Å². The lowest BCUT2D eigenvalue weighted by atomic mass is 10.2. The number of aromatic amines is 1. The third-order valence-corrected chi connectivity index (χ3v) is 4.20. The number of imidazole rings is 1. The summed E-state index contributed by atoms with van der Waals surface area (Å²) in [6.45, 7) is 1.92. The van der Waals surface area contributed by atoms with Gasteiger partial charge in [0.2, 0.25) is 4.96 Å². The van der Waals surface area contributed by atoms with Gasteiger partial charge in [-0.2, -0.15) is 9.61 Å². The van der Waals surface area contributed by atoms with Gasteiger partial charge in [0.25, 0.3) is 0 Å². The second-order valence-electron chi connectivity index (χ2n) is 4.96. The lowest BCUT2D eigenvalue weighted by molar-refractivity contribution is 0.0973. The van der Waals surface area contributed by atoms with Crippen LogP contribution in [0.4, 0.5) is 0 Å². The number of H-pyrrole nitrogens is 1. The van der Waals surface area contributed by atoms with Gasteiger partial charge >= 0.3 is 0 Å². The molecule has 0 fully saturated rings. The van der Waals surface area contributed by atoms with E-state index in [-0.39, 0.29) is 5.78 Å². The van der Waals surface area contributed by atoms with Crippen LogP contribution < -0.4 is 0 Å². The van der Waals surface area contributed by atoms with Crippen molar-refractivity contribution in [1.29, 1.82) is 0 Å². The highest BCUT2D eigenvalue weighted by Crippen LogP contribution is 2.15. The molecule has 0 saturated carbocycles. The van der Waals surface area contributed by atoms with Gasteiger partial charge in [-0.3, -0.25) is 4.79 Å². The van der Waals surface area contributed by atoms with Gasteiger partial charge in [0.05, 0.1) is 11.0 Å². The topological polar surface area (TPSA) is 88.8 Å². The predicted molar refractivity (Wildman–Crippen MR) is 82.1 cm³/mol. The van der Waals surface area contributed by atoms with E-state index in [1.54, 1.807) is 4.52 Å². The lowest BCUT2D eigenvalue weighted by Gasteiger charge is -1.95. The summed E-state index contributed by atoms with van der Waals surface area (Å²) < 4.78 is 1.70. The number of para-hydroxylation sites is 2. The maximum Gasteiger partial charge on any atom is 0.234 e. The summed E-state index contributed by atoms with van der Waals surface area (Å²) in [4.78, 5) is 20.4. The van der Waals surface area contributed by atoms with Crippen LogP contribution in [0.25, 0.3) is 16.0 Å². The molecule has 110 valence electrons. The van der Waals surface area contributed by atoms with Crippen molar-refractivity contribution in [3.05, 3.63) is 40.9 Å². The first kappa shape index (κ1) is 13.1. The molecule has 4 rings (SSSR count). The number of rotatable bonds is 4. The summed E-state index contributed by atoms with van der Waals surface area (Å²) in [6.07, 6.45) is 0.803. The Hall–Kier alpha value is -2.61. The summed E-state index contributed by atoms with van der Waals surface area (Å²) in [6, 6.07) is 7.59. The Morgan fingerprint density at radius 1 is 1.32 bits per heavy atom. The maximum absolute atomic E-state index is 12.3. The number of fused-ring (bicyclic) bond motifs is 2. The van der Waals surface area contributed by atoms with Gasteiger partial charge in [-0.05, 0) is 19.1 Å². The number of Topliss-reactive ketones (excluding diaryl/α,β-unsaturated/α-hetero) is 1. The number of ketones is 1. The van der Waals surface area contributed by atoms with E-state index in [0.29, 0.717) is 24.5 Å². The predicted octanol–water partition coefficient (Wildman–Crippen LogP) is 2.19. The molecule has 0 amide bonds. The summed E-state index contributed by atoms with van der Waals surface area (Å²) in [7, 11) is 0. The Bertz CT molecular complexity index is 949. The fourth-order valence-electron chi connectivity index (χ4n) is 2.34. The highest BCUT2D eigenvalue weighted by Gasteiger charge is 2.15. The van der Waals surface area contributed by atoms with Gasteiger partial charge in [0.1, 0.15) is 5.01 Å². The van der Waals surface area contributed by atoms with Crippen molar-refractivity contribution in [1.82, 2.24) is 29.8 Å². The normalized spacial score (nSPS) is 11.5. The van der Waals surface area contributed by atoms with Crippen LogP contribution in [0, 0.1) is 6.92 Å². The second-order valence-corrected chi connectivity index (χ2v) is 6.12. The summed E-state index contributed by atoms with van der Waals surface area (Å²) in [5, 5.41) is 13.4. The zero-order valence-electron chi connectivity index (χ0n) is 11.8. The SMILES string of the molecule is Cc1nn2c(CCC(=O)c3nc4ccccc4[nH]3)nnc2s1. The molecule has 0 atom stereocenters. The fourth-order valence-corrected chi connectivity index (χ4v) is 3.04. The van der Waals surface area contributed by atoms with Gasteiger partial charge in [-0.15, -0.1) is 10.2 Å². The first-order chi connectivity index (χ1) is 10.7. The van der Waals surface area contributed by atoms with Crippen molar-refractivity contribution < 1.29 is 4.79 Å². The summed E-state index contributed by atoms with van der Waals surface area (Å²) in [5.41, 5.74) is 1.66. The zero-order valence-corrected chi connectivity index (χ0v) is 12.6. The number of benzene rings is 1. The molecule has 0 aliphatic rings. The molecule has 0 saturated heterocycles. The van der Waals surface area contributed by atoms with E-state index >= 15 is 0 Å². The largest absolute Gasteiger partial charge is 0.335 e. The van der Waals surface area contributed by atoms with Crippen LogP contribution in [0.5, 0.6) is 0 Å². The number of hydrogen-bond acceptors (Lipinski definition) is 6. The number of hydrogen-bond donors (Lipinski definition) is 1. The minimum atomic E-state index is -0.0418. The van der Waals surface area contributed by atoms with E-state index in [2.05, 4.69) is 25.3 Å². The molecule has 22 heavy (non-hydrogen) atoms. The third-order valence-electron chi connectivity index (χ3n) is 3.39. The molecule has 0 radical (unpaired) electrons. The Morgan fingerprint density at radius 3 is 3.05 bits per heavy atom. The van der Waals surface area contributed by atoms with E-state index in [1.165, 1.54) is 11.3 Å². The lowest BCUT2D eigenvalue weighted by Crippen LogP contribution is -2.06. The van der Waals surface area contributed by atoms with E-state index in [1.807, 2.05) is 31.2 Å². The van der Waals surface area contributed by atoms with Gasteiger partial charge in [-0.1, -0.05) is 23.5 Å². The average Bonchev–Trinajstić information content (AvgIpc) is 3.18. The van der Waals surface area contributed by atoms with Gasteiger partial charge < -0.3 is 4.98 Å². The standard InChI is InChI=1S/C14H12N6OS/c1-8-19-20-12(17-18-14(20)22-8)7-6-11(21)13-15-9-4-2-3-5-10(9)16-13/h2-5H,6-7H2,1H3,(H,15,16). The second kappa shape index (κ2) is 4.99. The van der Waals surface area contributed by atoms with Crippen LogP contribution in [0.1, 0.15) is 27.9 Å². The highest BCUT2D eigenvalue weighted by atomic mass is 32.1. The highest BCUT2D eigenvalue weighted by molar-refractivity contribution is 7.16. The number of carbonyl (C=O) groups is 1. The molecule has 0 spiro atoms. The summed E-state index contributed by atoms with van der Waals surface area (Å²) >= 11 is 1.48. The number of aromatic nitrogens is 6. The smallest absolute Gasteiger partial charge is 0.234 e. The molecule has 4 aromatic rings. The van der Waals surface area contributed by atoms with E-state index in [4.69, 9.17) is 0 Å². The molecule has 0 unspecified atom stereocenters. The molecule has 0 bridgehead atoms. The van der Waals surface area contributed by atoms with Crippen LogP contribution in [0.3, 0.4) is 0 Å². The Balaban J connectivity index is 1.54. The minimum Gasteiger partial charge on any atom is -0.335 e. The van der Waals surface area contributed by atoms with Crippen LogP contribution in [-0.4, -0.2) is 35.6 Å². The molecule has 0 aliphatic heterocycles. The van der Waals surface area contributed by atoms with Crippen molar-refractivity contribution in [2.24, 2.45) is 0 Å². The quantitative estimate of drug-likeness (QED) is 0.583. The van der Waals surface area contributed by atoms with Crippen LogP contribution in [0.2, 0.25) is 0 Å². The van der Waals surface area contributed by atoms with Crippen LogP contribution in [0.15, 0.2) is 24.3 Å². The molecular weight excluding hydrogens is 300 g/mol. The summed E-state index contributed by atoms with van der Waals surface area (Å²) in [5.74, 6) is 1.04. The molecule has 3 aromatic heterocycles. The monoisotopic (exact) mass is 312 g/mol. The molecule has 3 heterocycles. The first-order valence-electron chi connectivity index (χ1n) is 6.86. The van der Waals surface area contributed by atoms with Crippen molar-refractivity contribution in [3.8, 4) is 0 Å². The molecule has 0 aliphatic carbocycles. The minimum absolute atomic E-state index is 0.0418. The number of carbonyl (C=O) groups excluding carboxylic acids is 1. The van der Waals surface area contributed by atoms with Crippen LogP contribution >= 0.6 is 11.3 Å². The molecule has 1 N–H and O–H groups in total. The molecular formula is C14H12N6OS. The van der Waals surface area contributed by atoms with Crippen LogP contribution in [-0.2, 0) is 6.42 Å². The van der Waals surface area contributed by atoms with Gasteiger partial charge in [0.15, 0.2) is 17.4 Å². The van der Waals surface area contributed by atoms with E-state index < -0.39 is 0 Å². The van der Waals surface area contributed by atoms with Gasteiger partial charge in [0, 0.05) is 12.8 Å². The third kappa shape index (κ3) is 2.17. The number of nitrogens with one attached hydrogen (secondary N) is 1. The van der Waals surface area contributed by atoms with Crippen molar-refractivity contribution in [3.63, 3.8) is 0 Å². The molecule has 1 aromatic carbocycles. The van der Waals surface area contributed by atoms with Gasteiger partial charge in [-0.25, -0.2) is 4.98 Å². The fraction of sp³-hybridized carbons (Fsp3) is 0.214. The Kier molecular flexibility index (Phi) is 2.97. The number of aryl methyl sites for hydroxylation is 2. The van der Waals surface area contributed by atoms with Crippen molar-refractivity contribution in [2.75, 3.05) is 0 Å². The van der Waals surface area contributed by atoms with Crippen molar-refractivity contribution in [2.45, 2.75) is 19.8 Å². The Morgan fingerprint density at radius 2 is 2.18 bits per heavy atom. The van der Waals surface area contributed by atoms with E-state index in [9.17, 15) is 4.79 Å². The molecule has 8 heteroatoms. The average molecular weight is 312 g/mol. The van der Waals surface area contributed by atoms with E-state index in [0.717, 1.165) is 21.0 Å². The first-order valence-corrected chi connectivity index (χ1v) is 7.68. The Labute approximate surface area is 129 Å². The molecule has 7 nitrogen and oxygen atoms in total. The zero-order chi connectivity index (χ0) is 15.1.